The van der Waals surface area contributed by atoms with Gasteiger partial charge in [0.05, 0.1) is 12.6 Å². The summed E-state index contributed by atoms with van der Waals surface area (Å²) in [6.45, 7) is 4.68. The van der Waals surface area contributed by atoms with Gasteiger partial charge in [0, 0.05) is 44.4 Å². The summed E-state index contributed by atoms with van der Waals surface area (Å²) in [4.78, 5) is 28.9. The van der Waals surface area contributed by atoms with E-state index in [1.54, 1.807) is 0 Å². The Kier molecular flexibility index (Phi) is 7.75. The van der Waals surface area contributed by atoms with E-state index in [4.69, 9.17) is 9.47 Å². The Morgan fingerprint density at radius 1 is 1.17 bits per heavy atom. The number of hydrogen-bond acceptors (Lipinski definition) is 5. The van der Waals surface area contributed by atoms with Crippen molar-refractivity contribution in [1.29, 1.82) is 0 Å². The predicted octanol–water partition coefficient (Wildman–Crippen LogP) is 1.70. The number of nitrogens with one attached hydrogen (secondary N) is 1. The number of carbonyl (C=O) groups excluding carboxylic acids is 2. The lowest BCUT2D eigenvalue weighted by atomic mass is 10.0. The number of likely N-dealkylation sites (tertiary alicyclic amines) is 1. The molecule has 0 aromatic heterocycles. The fraction of sp³-hybridized carbons (Fsp3) is 0.619. The normalized spacial score (nSPS) is 24.9. The van der Waals surface area contributed by atoms with Gasteiger partial charge in [0.25, 0.3) is 5.91 Å². The smallest absolute Gasteiger partial charge is 0.253 e. The average Bonchev–Trinajstić information content (AvgIpc) is 3.26. The largest absolute Gasteiger partial charge is 0.491 e. The van der Waals surface area contributed by atoms with Crippen molar-refractivity contribution in [2.75, 3.05) is 45.9 Å². The zero-order chi connectivity index (χ0) is 19.3. The van der Waals surface area contributed by atoms with Crippen LogP contribution in [0.4, 0.5) is 0 Å². The molecule has 1 aromatic rings. The minimum atomic E-state index is 0. The fourth-order valence-corrected chi connectivity index (χ4v) is 4.24. The van der Waals surface area contributed by atoms with Crippen LogP contribution in [0.1, 0.15) is 36.0 Å². The van der Waals surface area contributed by atoms with E-state index in [1.165, 1.54) is 0 Å². The van der Waals surface area contributed by atoms with Crippen molar-refractivity contribution in [3.8, 4) is 5.75 Å². The molecule has 3 heterocycles. The zero-order valence-electron chi connectivity index (χ0n) is 16.7. The summed E-state index contributed by atoms with van der Waals surface area (Å²) >= 11 is 0. The number of amides is 2. The number of rotatable bonds is 5. The highest BCUT2D eigenvalue weighted by Gasteiger charge is 2.31. The second-order valence-corrected chi connectivity index (χ2v) is 7.78. The second kappa shape index (κ2) is 10.3. The topological polar surface area (TPSA) is 71.1 Å². The summed E-state index contributed by atoms with van der Waals surface area (Å²) in [5.41, 5.74) is 0.664. The van der Waals surface area contributed by atoms with Gasteiger partial charge in [-0.05, 0) is 49.9 Å². The van der Waals surface area contributed by atoms with Gasteiger partial charge in [-0.2, -0.15) is 0 Å². The molecule has 2 amide bonds. The molecule has 3 aliphatic rings. The van der Waals surface area contributed by atoms with E-state index < -0.39 is 0 Å². The van der Waals surface area contributed by atoms with Crippen LogP contribution < -0.4 is 10.1 Å². The maximum Gasteiger partial charge on any atom is 0.253 e. The van der Waals surface area contributed by atoms with Crippen LogP contribution in [-0.2, 0) is 9.53 Å². The first-order valence-electron chi connectivity index (χ1n) is 10.3. The lowest BCUT2D eigenvalue weighted by Gasteiger charge is -2.41. The van der Waals surface area contributed by atoms with Crippen molar-refractivity contribution < 1.29 is 19.1 Å². The minimum absolute atomic E-state index is 0. The van der Waals surface area contributed by atoms with Gasteiger partial charge in [-0.1, -0.05) is 0 Å². The Balaban J connectivity index is 0.00000240. The van der Waals surface area contributed by atoms with E-state index in [0.717, 1.165) is 57.7 Å². The molecule has 1 N–H and O–H groups in total. The summed E-state index contributed by atoms with van der Waals surface area (Å²) in [5, 5.41) is 3.11. The summed E-state index contributed by atoms with van der Waals surface area (Å²) in [5.74, 6) is 0.922. The van der Waals surface area contributed by atoms with E-state index in [0.29, 0.717) is 25.3 Å². The second-order valence-electron chi connectivity index (χ2n) is 7.78. The van der Waals surface area contributed by atoms with Crippen molar-refractivity contribution in [2.45, 2.75) is 37.8 Å². The van der Waals surface area contributed by atoms with E-state index in [9.17, 15) is 9.59 Å². The van der Waals surface area contributed by atoms with E-state index in [1.807, 2.05) is 34.1 Å². The van der Waals surface area contributed by atoms with Gasteiger partial charge in [0.1, 0.15) is 12.4 Å². The molecule has 0 radical (unpaired) electrons. The third kappa shape index (κ3) is 5.41. The fourth-order valence-electron chi connectivity index (χ4n) is 4.24. The molecule has 2 atom stereocenters. The Morgan fingerprint density at radius 2 is 2.00 bits per heavy atom. The van der Waals surface area contributed by atoms with Crippen molar-refractivity contribution >= 4 is 24.2 Å². The van der Waals surface area contributed by atoms with Gasteiger partial charge < -0.3 is 24.6 Å². The number of nitrogens with zero attached hydrogens (tertiary/aromatic N) is 2. The predicted molar refractivity (Wildman–Crippen MR) is 112 cm³/mol. The number of hydrogen-bond donors (Lipinski definition) is 1. The molecular weight excluding hydrogens is 394 g/mol. The Bertz CT molecular complexity index is 694. The Morgan fingerprint density at radius 3 is 2.72 bits per heavy atom. The van der Waals surface area contributed by atoms with Crippen molar-refractivity contribution in [3.63, 3.8) is 0 Å². The number of piperazine rings is 1. The molecule has 8 heteroatoms. The number of carbonyl (C=O) groups is 2. The van der Waals surface area contributed by atoms with Gasteiger partial charge in [0.15, 0.2) is 0 Å². The molecule has 29 heavy (non-hydrogen) atoms. The summed E-state index contributed by atoms with van der Waals surface area (Å²) in [6.07, 6.45) is 4.21. The van der Waals surface area contributed by atoms with Crippen LogP contribution in [0.5, 0.6) is 5.75 Å². The third-order valence-corrected chi connectivity index (χ3v) is 5.81. The molecule has 0 aliphatic carbocycles. The van der Waals surface area contributed by atoms with E-state index >= 15 is 0 Å². The highest BCUT2D eigenvalue weighted by molar-refractivity contribution is 5.94. The van der Waals surface area contributed by atoms with Crippen molar-refractivity contribution in [3.05, 3.63) is 29.8 Å². The van der Waals surface area contributed by atoms with Gasteiger partial charge in [-0.15, -0.1) is 12.4 Å². The van der Waals surface area contributed by atoms with Gasteiger partial charge >= 0.3 is 0 Å². The minimum Gasteiger partial charge on any atom is -0.491 e. The Labute approximate surface area is 178 Å². The Hall–Kier alpha value is -1.83. The van der Waals surface area contributed by atoms with Crippen LogP contribution in [0.25, 0.3) is 0 Å². The first-order valence-corrected chi connectivity index (χ1v) is 10.3. The van der Waals surface area contributed by atoms with Crippen molar-refractivity contribution in [2.24, 2.45) is 0 Å². The molecule has 3 saturated heterocycles. The maximum absolute atomic E-state index is 12.9. The molecule has 0 saturated carbocycles. The molecule has 3 fully saturated rings. The van der Waals surface area contributed by atoms with Crippen LogP contribution >= 0.6 is 12.4 Å². The number of halogens is 1. The van der Waals surface area contributed by atoms with Crippen LogP contribution in [0, 0.1) is 0 Å². The monoisotopic (exact) mass is 423 g/mol. The molecule has 7 nitrogen and oxygen atoms in total. The van der Waals surface area contributed by atoms with Gasteiger partial charge in [-0.25, -0.2) is 0 Å². The molecule has 3 aliphatic heterocycles. The quantitative estimate of drug-likeness (QED) is 0.780. The van der Waals surface area contributed by atoms with Crippen LogP contribution in [0.3, 0.4) is 0 Å². The average molecular weight is 424 g/mol. The van der Waals surface area contributed by atoms with E-state index in [2.05, 4.69) is 5.32 Å². The first-order chi connectivity index (χ1) is 13.7. The lowest BCUT2D eigenvalue weighted by molar-refractivity contribution is -0.135. The van der Waals surface area contributed by atoms with Crippen LogP contribution in [-0.4, -0.2) is 79.7 Å². The van der Waals surface area contributed by atoms with E-state index in [-0.39, 0.29) is 36.4 Å². The SMILES string of the molecule is Cl.O=C(c1ccc(OCC2CCCO2)cc1)N1CCCC(N2CCNCC2=O)C1. The molecule has 0 bridgehead atoms. The molecule has 4 rings (SSSR count). The number of piperidine rings is 1. The first kappa shape index (κ1) is 21.9. The molecule has 0 spiro atoms. The zero-order valence-corrected chi connectivity index (χ0v) is 17.5. The van der Waals surface area contributed by atoms with Crippen molar-refractivity contribution in [1.82, 2.24) is 15.1 Å². The summed E-state index contributed by atoms with van der Waals surface area (Å²) in [6, 6.07) is 7.48. The highest BCUT2D eigenvalue weighted by Crippen LogP contribution is 2.21. The highest BCUT2D eigenvalue weighted by atomic mass is 35.5. The molecular formula is C21H30ClN3O4. The lowest BCUT2D eigenvalue weighted by Crippen LogP contribution is -2.57. The summed E-state index contributed by atoms with van der Waals surface area (Å²) < 4.78 is 11.3. The van der Waals surface area contributed by atoms with Crippen LogP contribution in [0.15, 0.2) is 24.3 Å². The third-order valence-electron chi connectivity index (χ3n) is 5.81. The van der Waals surface area contributed by atoms with Crippen LogP contribution in [0.2, 0.25) is 0 Å². The standard InChI is InChI=1S/C21H29N3O4.ClH/c25-20-13-22-9-11-24(20)17-3-1-10-23(14-17)21(26)16-5-7-18(8-6-16)28-15-19-4-2-12-27-19;/h5-8,17,19,22H,1-4,9-15H2;1H. The molecule has 2 unspecified atom stereocenters. The molecule has 1 aromatic carbocycles. The van der Waals surface area contributed by atoms with Gasteiger partial charge in [0.2, 0.25) is 5.91 Å². The van der Waals surface area contributed by atoms with Gasteiger partial charge in [-0.3, -0.25) is 9.59 Å². The number of benzene rings is 1. The molecule has 160 valence electrons. The number of ether oxygens (including phenoxy) is 2. The maximum atomic E-state index is 12.9. The summed E-state index contributed by atoms with van der Waals surface area (Å²) in [7, 11) is 0.